The third kappa shape index (κ3) is 2.77. The van der Waals surface area contributed by atoms with E-state index in [1.54, 1.807) is 6.92 Å². The molecular weight excluding hydrogens is 248 g/mol. The number of pyridine rings is 1. The monoisotopic (exact) mass is 272 g/mol. The van der Waals surface area contributed by atoms with Crippen LogP contribution in [0.15, 0.2) is 24.8 Å². The number of rotatable bonds is 6. The largest absolute Gasteiger partial charge is 0.355 e. The van der Waals surface area contributed by atoms with Crippen LogP contribution in [0.1, 0.15) is 49.2 Å². The summed E-state index contributed by atoms with van der Waals surface area (Å²) in [6, 6.07) is 3.80. The summed E-state index contributed by atoms with van der Waals surface area (Å²) in [5.74, 6) is 0.942. The highest BCUT2D eigenvalue weighted by Gasteiger charge is 2.42. The fraction of sp³-hybridized carbons (Fsp3) is 0.529. The standard InChI is InChI=1S/C17H24N2O/c1-5-9-17(10-6-2)11-19(12-17)16-15(14(4)20)8-7-13(3)18-16/h5,7-8H,1,6,9-12H2,2-4H3. The number of carbonyl (C=O) groups excluding carboxylic acids is 1. The van der Waals surface area contributed by atoms with Crippen LogP contribution in [0.4, 0.5) is 5.82 Å². The van der Waals surface area contributed by atoms with Crippen LogP contribution < -0.4 is 4.90 Å². The summed E-state index contributed by atoms with van der Waals surface area (Å²) in [6.07, 6.45) is 5.44. The first-order valence-electron chi connectivity index (χ1n) is 7.36. The van der Waals surface area contributed by atoms with Crippen LogP contribution in [0.3, 0.4) is 0 Å². The van der Waals surface area contributed by atoms with Crippen LogP contribution in [0.2, 0.25) is 0 Å². The number of Topliss-reactive ketones (excluding diaryl/α,β-unsaturated/α-hetero) is 1. The number of hydrogen-bond donors (Lipinski definition) is 0. The van der Waals surface area contributed by atoms with E-state index >= 15 is 0 Å². The molecule has 0 unspecified atom stereocenters. The summed E-state index contributed by atoms with van der Waals surface area (Å²) >= 11 is 0. The highest BCUT2D eigenvalue weighted by atomic mass is 16.1. The average molecular weight is 272 g/mol. The van der Waals surface area contributed by atoms with Gasteiger partial charge in [0.2, 0.25) is 0 Å². The molecule has 3 heteroatoms. The minimum Gasteiger partial charge on any atom is -0.355 e. The Hall–Kier alpha value is -1.64. The first-order valence-corrected chi connectivity index (χ1v) is 7.36. The molecule has 2 rings (SSSR count). The molecule has 20 heavy (non-hydrogen) atoms. The van der Waals surface area contributed by atoms with Crippen molar-refractivity contribution in [2.45, 2.75) is 40.0 Å². The lowest BCUT2D eigenvalue weighted by Gasteiger charge is -2.51. The molecule has 1 saturated heterocycles. The van der Waals surface area contributed by atoms with Crippen molar-refractivity contribution in [1.82, 2.24) is 4.98 Å². The van der Waals surface area contributed by atoms with E-state index in [4.69, 9.17) is 0 Å². The molecule has 0 N–H and O–H groups in total. The molecule has 0 atom stereocenters. The maximum absolute atomic E-state index is 11.8. The quantitative estimate of drug-likeness (QED) is 0.583. The molecule has 1 aliphatic rings. The lowest BCUT2D eigenvalue weighted by Crippen LogP contribution is -2.57. The van der Waals surface area contributed by atoms with E-state index in [-0.39, 0.29) is 5.78 Å². The second-order valence-corrected chi connectivity index (χ2v) is 5.98. The number of hydrogen-bond acceptors (Lipinski definition) is 3. The normalized spacial score (nSPS) is 16.6. The van der Waals surface area contributed by atoms with Crippen molar-refractivity contribution < 1.29 is 4.79 Å². The second kappa shape index (κ2) is 5.78. The molecule has 108 valence electrons. The Kier molecular flexibility index (Phi) is 4.26. The van der Waals surface area contributed by atoms with Crippen molar-refractivity contribution in [1.29, 1.82) is 0 Å². The van der Waals surface area contributed by atoms with Crippen LogP contribution in [0.5, 0.6) is 0 Å². The maximum Gasteiger partial charge on any atom is 0.163 e. The number of aryl methyl sites for hydroxylation is 1. The van der Waals surface area contributed by atoms with Gasteiger partial charge in [-0.2, -0.15) is 0 Å². The predicted octanol–water partition coefficient (Wildman–Crippen LogP) is 3.78. The zero-order chi connectivity index (χ0) is 14.8. The molecule has 0 aliphatic carbocycles. The van der Waals surface area contributed by atoms with Gasteiger partial charge < -0.3 is 4.90 Å². The smallest absolute Gasteiger partial charge is 0.163 e. The van der Waals surface area contributed by atoms with Crippen LogP contribution in [0.25, 0.3) is 0 Å². The maximum atomic E-state index is 11.8. The van der Waals surface area contributed by atoms with E-state index in [1.807, 2.05) is 25.1 Å². The predicted molar refractivity (Wildman–Crippen MR) is 83.3 cm³/mol. The van der Waals surface area contributed by atoms with E-state index in [0.717, 1.165) is 36.6 Å². The first-order chi connectivity index (χ1) is 9.51. The fourth-order valence-corrected chi connectivity index (χ4v) is 3.20. The van der Waals surface area contributed by atoms with Gasteiger partial charge in [-0.3, -0.25) is 4.79 Å². The number of ketones is 1. The lowest BCUT2D eigenvalue weighted by molar-refractivity contribution is 0.101. The first kappa shape index (κ1) is 14.8. The topological polar surface area (TPSA) is 33.2 Å². The molecule has 1 aromatic rings. The zero-order valence-electron chi connectivity index (χ0n) is 12.8. The van der Waals surface area contributed by atoms with Crippen molar-refractivity contribution in [3.8, 4) is 0 Å². The summed E-state index contributed by atoms with van der Waals surface area (Å²) in [6.45, 7) is 11.6. The zero-order valence-corrected chi connectivity index (χ0v) is 12.8. The van der Waals surface area contributed by atoms with E-state index < -0.39 is 0 Å². The Bertz CT molecular complexity index is 516. The van der Waals surface area contributed by atoms with E-state index in [0.29, 0.717) is 5.41 Å². The van der Waals surface area contributed by atoms with Crippen molar-refractivity contribution in [3.05, 3.63) is 36.0 Å². The van der Waals surface area contributed by atoms with Gasteiger partial charge >= 0.3 is 0 Å². The summed E-state index contributed by atoms with van der Waals surface area (Å²) in [7, 11) is 0. The number of carbonyl (C=O) groups is 1. The van der Waals surface area contributed by atoms with Gasteiger partial charge in [-0.25, -0.2) is 4.98 Å². The molecule has 2 heterocycles. The van der Waals surface area contributed by atoms with Crippen LogP contribution in [-0.2, 0) is 0 Å². The summed E-state index contributed by atoms with van der Waals surface area (Å²) in [4.78, 5) is 18.6. The molecule has 1 aliphatic heterocycles. The molecule has 0 spiro atoms. The van der Waals surface area contributed by atoms with Gasteiger partial charge in [0.1, 0.15) is 5.82 Å². The molecule has 1 aromatic heterocycles. The number of aromatic nitrogens is 1. The molecule has 1 fully saturated rings. The Labute approximate surface area is 121 Å². The highest BCUT2D eigenvalue weighted by Crippen LogP contribution is 2.41. The third-order valence-electron chi connectivity index (χ3n) is 4.10. The van der Waals surface area contributed by atoms with Gasteiger partial charge in [0.25, 0.3) is 0 Å². The lowest BCUT2D eigenvalue weighted by atomic mass is 9.73. The van der Waals surface area contributed by atoms with Gasteiger partial charge in [-0.05, 0) is 38.8 Å². The SMILES string of the molecule is C=CCC1(CCC)CN(c2nc(C)ccc2C(C)=O)C1. The minimum atomic E-state index is 0.0872. The van der Waals surface area contributed by atoms with Crippen molar-refractivity contribution in [2.24, 2.45) is 5.41 Å². The van der Waals surface area contributed by atoms with Gasteiger partial charge in [0, 0.05) is 24.2 Å². The van der Waals surface area contributed by atoms with Crippen LogP contribution >= 0.6 is 0 Å². The molecule has 0 bridgehead atoms. The molecule has 3 nitrogen and oxygen atoms in total. The second-order valence-electron chi connectivity index (χ2n) is 5.98. The molecule has 0 aromatic carbocycles. The van der Waals surface area contributed by atoms with Crippen molar-refractivity contribution in [2.75, 3.05) is 18.0 Å². The van der Waals surface area contributed by atoms with E-state index in [9.17, 15) is 4.79 Å². The minimum absolute atomic E-state index is 0.0872. The van der Waals surface area contributed by atoms with Crippen LogP contribution in [0, 0.1) is 12.3 Å². The summed E-state index contributed by atoms with van der Waals surface area (Å²) in [5, 5.41) is 0. The van der Waals surface area contributed by atoms with Gasteiger partial charge in [0.15, 0.2) is 5.78 Å². The number of allylic oxidation sites excluding steroid dienone is 1. The number of anilines is 1. The summed E-state index contributed by atoms with van der Waals surface area (Å²) < 4.78 is 0. The molecule has 0 radical (unpaired) electrons. The Balaban J connectivity index is 2.21. The van der Waals surface area contributed by atoms with Crippen molar-refractivity contribution in [3.63, 3.8) is 0 Å². The van der Waals surface area contributed by atoms with Gasteiger partial charge in [0.05, 0.1) is 5.56 Å². The van der Waals surface area contributed by atoms with Gasteiger partial charge in [-0.15, -0.1) is 6.58 Å². The Morgan fingerprint density at radius 3 is 2.75 bits per heavy atom. The fourth-order valence-electron chi connectivity index (χ4n) is 3.20. The average Bonchev–Trinajstić information content (AvgIpc) is 2.35. The Morgan fingerprint density at radius 1 is 1.50 bits per heavy atom. The molecular formula is C17H24N2O. The van der Waals surface area contributed by atoms with Gasteiger partial charge in [-0.1, -0.05) is 19.4 Å². The highest BCUT2D eigenvalue weighted by molar-refractivity contribution is 5.99. The molecule has 0 amide bonds. The summed E-state index contributed by atoms with van der Waals surface area (Å²) in [5.41, 5.74) is 2.02. The van der Waals surface area contributed by atoms with E-state index in [2.05, 4.69) is 23.4 Å². The molecule has 0 saturated carbocycles. The third-order valence-corrected chi connectivity index (χ3v) is 4.10. The van der Waals surface area contributed by atoms with Crippen molar-refractivity contribution >= 4 is 11.6 Å². The van der Waals surface area contributed by atoms with Crippen LogP contribution in [-0.4, -0.2) is 23.9 Å². The number of nitrogens with zero attached hydrogens (tertiary/aromatic N) is 2. The Morgan fingerprint density at radius 2 is 2.20 bits per heavy atom. The van der Waals surface area contributed by atoms with E-state index in [1.165, 1.54) is 12.8 Å².